The molecule has 1 aliphatic carbocycles. The van der Waals surface area contributed by atoms with Crippen molar-refractivity contribution >= 4 is 17.3 Å². The number of carbonyl (C=O) groups excluding carboxylic acids is 2. The summed E-state index contributed by atoms with van der Waals surface area (Å²) in [6, 6.07) is 16.8. The van der Waals surface area contributed by atoms with E-state index in [9.17, 15) is 9.59 Å². The van der Waals surface area contributed by atoms with Crippen LogP contribution in [0.3, 0.4) is 0 Å². The molecular formula is C28H31NO3. The Labute approximate surface area is 190 Å². The average molecular weight is 430 g/mol. The van der Waals surface area contributed by atoms with Crippen molar-refractivity contribution in [3.05, 3.63) is 83.5 Å². The number of para-hydroxylation sites is 2. The van der Waals surface area contributed by atoms with Crippen LogP contribution in [-0.4, -0.2) is 23.2 Å². The molecule has 2 aliphatic rings. The first-order valence-electron chi connectivity index (χ1n) is 11.1. The topological polar surface area (TPSA) is 55.4 Å². The third kappa shape index (κ3) is 3.79. The van der Waals surface area contributed by atoms with Gasteiger partial charge in [0.25, 0.3) is 0 Å². The van der Waals surface area contributed by atoms with Crippen LogP contribution in [0.25, 0.3) is 0 Å². The molecule has 1 unspecified atom stereocenters. The van der Waals surface area contributed by atoms with Gasteiger partial charge in [0.2, 0.25) is 5.78 Å². The van der Waals surface area contributed by atoms with Crippen LogP contribution >= 0.6 is 0 Å². The largest absolute Gasteiger partial charge is 0.477 e. The minimum absolute atomic E-state index is 0.0298. The molecule has 0 saturated heterocycles. The van der Waals surface area contributed by atoms with Gasteiger partial charge in [0.15, 0.2) is 11.9 Å². The van der Waals surface area contributed by atoms with E-state index in [1.165, 1.54) is 0 Å². The lowest BCUT2D eigenvalue weighted by atomic mass is 9.67. The Bertz CT molecular complexity index is 1090. The van der Waals surface area contributed by atoms with Gasteiger partial charge in [-0.3, -0.25) is 9.59 Å². The van der Waals surface area contributed by atoms with E-state index in [4.69, 9.17) is 4.74 Å². The first-order chi connectivity index (χ1) is 14.9. The molecule has 4 rings (SSSR count). The molecule has 0 saturated carbocycles. The molecule has 2 aromatic carbocycles. The third-order valence-electron chi connectivity index (χ3n) is 6.08. The molecule has 4 nitrogen and oxygen atoms in total. The number of carbonyl (C=O) groups is 2. The summed E-state index contributed by atoms with van der Waals surface area (Å²) in [7, 11) is 0. The second kappa shape index (κ2) is 7.47. The number of fused-ring (bicyclic) bond motifs is 1. The van der Waals surface area contributed by atoms with Crippen LogP contribution in [-0.2, 0) is 4.79 Å². The number of benzene rings is 2. The average Bonchev–Trinajstić information content (AvgIpc) is 2.73. The molecule has 1 spiro atoms. The molecular weight excluding hydrogens is 398 g/mol. The molecule has 32 heavy (non-hydrogen) atoms. The Balaban J connectivity index is 1.97. The van der Waals surface area contributed by atoms with Crippen molar-refractivity contribution in [3.63, 3.8) is 0 Å². The SMILES string of the molecule is CC(C)(C)C1=CC2(C=C(C(C)(C)C)C1=O)Nc1ccccc1OC2C(=O)c1ccccc1. The Kier molecular flexibility index (Phi) is 5.15. The van der Waals surface area contributed by atoms with Crippen molar-refractivity contribution in [1.29, 1.82) is 0 Å². The van der Waals surface area contributed by atoms with Gasteiger partial charge >= 0.3 is 0 Å². The standard InChI is InChI=1S/C28H31NO3/c1-26(2,3)19-16-28(17-20(24(19)31)27(4,5)6)25(23(30)18-12-8-7-9-13-18)32-22-15-11-10-14-21(22)29-28/h7-17,25,29H,1-6H3. The molecule has 0 aromatic heterocycles. The fourth-order valence-corrected chi connectivity index (χ4v) is 4.35. The number of anilines is 1. The van der Waals surface area contributed by atoms with Gasteiger partial charge < -0.3 is 10.1 Å². The maximum Gasteiger partial charge on any atom is 0.206 e. The second-order valence-electron chi connectivity index (χ2n) is 10.7. The van der Waals surface area contributed by atoms with Gasteiger partial charge in [-0.2, -0.15) is 0 Å². The molecule has 166 valence electrons. The summed E-state index contributed by atoms with van der Waals surface area (Å²) in [5.41, 5.74) is 0.971. The number of ether oxygens (including phenoxy) is 1. The van der Waals surface area contributed by atoms with Crippen LogP contribution in [0.15, 0.2) is 77.9 Å². The third-order valence-corrected chi connectivity index (χ3v) is 6.08. The van der Waals surface area contributed by atoms with Crippen LogP contribution in [0.4, 0.5) is 5.69 Å². The zero-order chi connectivity index (χ0) is 23.3. The Morgan fingerprint density at radius 1 is 0.844 bits per heavy atom. The number of ketones is 2. The Hall–Kier alpha value is -3.14. The maximum absolute atomic E-state index is 13.8. The summed E-state index contributed by atoms with van der Waals surface area (Å²) in [4.78, 5) is 27.3. The lowest BCUT2D eigenvalue weighted by Gasteiger charge is -2.46. The molecule has 1 heterocycles. The summed E-state index contributed by atoms with van der Waals surface area (Å²) in [6.45, 7) is 12.2. The Morgan fingerprint density at radius 2 is 1.38 bits per heavy atom. The minimum Gasteiger partial charge on any atom is -0.477 e. The molecule has 1 atom stereocenters. The number of nitrogens with one attached hydrogen (secondary N) is 1. The van der Waals surface area contributed by atoms with E-state index in [1.807, 2.05) is 96.2 Å². The first-order valence-corrected chi connectivity index (χ1v) is 11.1. The minimum atomic E-state index is -0.986. The predicted octanol–water partition coefficient (Wildman–Crippen LogP) is 6.01. The normalized spacial score (nSPS) is 19.9. The van der Waals surface area contributed by atoms with Crippen LogP contribution in [0.2, 0.25) is 0 Å². The van der Waals surface area contributed by atoms with Crippen molar-refractivity contribution in [1.82, 2.24) is 0 Å². The number of allylic oxidation sites excluding steroid dienone is 2. The molecule has 1 aliphatic heterocycles. The number of hydrogen-bond donors (Lipinski definition) is 1. The van der Waals surface area contributed by atoms with Crippen molar-refractivity contribution in [2.45, 2.75) is 53.2 Å². The van der Waals surface area contributed by atoms with Gasteiger partial charge in [-0.25, -0.2) is 0 Å². The molecule has 1 N–H and O–H groups in total. The van der Waals surface area contributed by atoms with Gasteiger partial charge in [0, 0.05) is 16.7 Å². The van der Waals surface area contributed by atoms with Crippen molar-refractivity contribution < 1.29 is 14.3 Å². The van der Waals surface area contributed by atoms with Gasteiger partial charge in [-0.1, -0.05) is 84.0 Å². The summed E-state index contributed by atoms with van der Waals surface area (Å²) in [6.07, 6.45) is 2.99. The predicted molar refractivity (Wildman–Crippen MR) is 128 cm³/mol. The lowest BCUT2D eigenvalue weighted by molar-refractivity contribution is -0.114. The molecule has 0 bridgehead atoms. The van der Waals surface area contributed by atoms with Gasteiger partial charge in [-0.15, -0.1) is 0 Å². The zero-order valence-electron chi connectivity index (χ0n) is 19.7. The summed E-state index contributed by atoms with van der Waals surface area (Å²) in [5.74, 6) is 0.527. The van der Waals surface area contributed by atoms with E-state index in [-0.39, 0.29) is 11.6 Å². The highest BCUT2D eigenvalue weighted by molar-refractivity contribution is 6.12. The summed E-state index contributed by atoms with van der Waals surface area (Å²) < 4.78 is 6.39. The van der Waals surface area contributed by atoms with E-state index >= 15 is 0 Å². The van der Waals surface area contributed by atoms with Gasteiger partial charge in [-0.05, 0) is 35.1 Å². The Morgan fingerprint density at radius 3 is 1.94 bits per heavy atom. The monoisotopic (exact) mass is 429 g/mol. The van der Waals surface area contributed by atoms with Crippen LogP contribution < -0.4 is 10.1 Å². The van der Waals surface area contributed by atoms with E-state index < -0.39 is 22.5 Å². The van der Waals surface area contributed by atoms with E-state index in [1.54, 1.807) is 12.1 Å². The summed E-state index contributed by atoms with van der Waals surface area (Å²) in [5, 5.41) is 3.59. The van der Waals surface area contributed by atoms with Crippen LogP contribution in [0.5, 0.6) is 5.75 Å². The zero-order valence-corrected chi connectivity index (χ0v) is 19.7. The van der Waals surface area contributed by atoms with Crippen molar-refractivity contribution in [3.8, 4) is 5.75 Å². The molecule has 0 fully saturated rings. The first kappa shape index (κ1) is 22.1. The fraction of sp³-hybridized carbons (Fsp3) is 0.357. The van der Waals surface area contributed by atoms with E-state index in [2.05, 4.69) is 5.32 Å². The quantitative estimate of drug-likeness (QED) is 0.594. The van der Waals surface area contributed by atoms with Gasteiger partial charge in [0.1, 0.15) is 11.3 Å². The number of rotatable bonds is 2. The number of hydrogen-bond acceptors (Lipinski definition) is 4. The lowest BCUT2D eigenvalue weighted by Crippen LogP contribution is -2.58. The summed E-state index contributed by atoms with van der Waals surface area (Å²) >= 11 is 0. The molecule has 0 amide bonds. The highest BCUT2D eigenvalue weighted by Crippen LogP contribution is 2.46. The highest BCUT2D eigenvalue weighted by atomic mass is 16.5. The van der Waals surface area contributed by atoms with Gasteiger partial charge in [0.05, 0.1) is 5.69 Å². The molecule has 2 aromatic rings. The number of Topliss-reactive ketones (excluding diaryl/α,β-unsaturated/α-hetero) is 2. The smallest absolute Gasteiger partial charge is 0.206 e. The second-order valence-corrected chi connectivity index (χ2v) is 10.7. The highest BCUT2D eigenvalue weighted by Gasteiger charge is 2.51. The maximum atomic E-state index is 13.8. The van der Waals surface area contributed by atoms with Crippen molar-refractivity contribution in [2.24, 2.45) is 10.8 Å². The van der Waals surface area contributed by atoms with E-state index in [0.717, 1.165) is 5.69 Å². The fourth-order valence-electron chi connectivity index (χ4n) is 4.35. The molecule has 0 radical (unpaired) electrons. The van der Waals surface area contributed by atoms with Crippen LogP contribution in [0, 0.1) is 10.8 Å². The van der Waals surface area contributed by atoms with Crippen molar-refractivity contribution in [2.75, 3.05) is 5.32 Å². The van der Waals surface area contributed by atoms with E-state index in [0.29, 0.717) is 22.5 Å². The van der Waals surface area contributed by atoms with Crippen LogP contribution in [0.1, 0.15) is 51.9 Å². The molecule has 4 heteroatoms.